The van der Waals surface area contributed by atoms with Gasteiger partial charge in [0.1, 0.15) is 11.6 Å². The highest BCUT2D eigenvalue weighted by Crippen LogP contribution is 2.32. The maximum absolute atomic E-state index is 13.7. The monoisotopic (exact) mass is 245 g/mol. The second-order valence-corrected chi connectivity index (χ2v) is 3.86. The lowest BCUT2D eigenvalue weighted by Gasteiger charge is -2.25. The van der Waals surface area contributed by atoms with Gasteiger partial charge in [0, 0.05) is 11.6 Å². The molecule has 0 bridgehead atoms. The Morgan fingerprint density at radius 2 is 2.19 bits per heavy atom. The fourth-order valence-corrected chi connectivity index (χ4v) is 2.13. The molecule has 1 N–H and O–H groups in total. The van der Waals surface area contributed by atoms with Gasteiger partial charge in [0.2, 0.25) is 0 Å². The van der Waals surface area contributed by atoms with Crippen molar-refractivity contribution in [2.24, 2.45) is 0 Å². The molecule has 1 aliphatic heterocycles. The first-order valence-electron chi connectivity index (χ1n) is 5.38. The van der Waals surface area contributed by atoms with Gasteiger partial charge in [-0.1, -0.05) is 12.5 Å². The van der Waals surface area contributed by atoms with E-state index in [1.807, 2.05) is 6.07 Å². The molecular weight excluding hydrogens is 229 g/mol. The van der Waals surface area contributed by atoms with E-state index in [4.69, 9.17) is 4.74 Å². The van der Waals surface area contributed by atoms with Gasteiger partial charge in [-0.25, -0.2) is 4.39 Å². The average Bonchev–Trinajstić information content (AvgIpc) is 2.29. The first-order chi connectivity index (χ1) is 7.33. The minimum Gasteiger partial charge on any atom is -0.496 e. The lowest BCUT2D eigenvalue weighted by atomic mass is 9.96. The van der Waals surface area contributed by atoms with E-state index in [1.165, 1.54) is 12.5 Å². The molecule has 90 valence electrons. The van der Waals surface area contributed by atoms with E-state index >= 15 is 0 Å². The summed E-state index contributed by atoms with van der Waals surface area (Å²) in [5.74, 6) is 0.475. The van der Waals surface area contributed by atoms with Crippen molar-refractivity contribution in [3.8, 4) is 5.75 Å². The summed E-state index contributed by atoms with van der Waals surface area (Å²) in [6.07, 6.45) is 3.31. The number of hydrogen-bond donors (Lipinski definition) is 1. The molecule has 1 aliphatic rings. The van der Waals surface area contributed by atoms with Crippen molar-refractivity contribution in [3.05, 3.63) is 29.6 Å². The Balaban J connectivity index is 0.00000128. The average molecular weight is 246 g/mol. The Labute approximate surface area is 102 Å². The standard InChI is InChI=1S/C12H16FNO.ClH/c1-15-11-7-4-5-9(13)12(11)10-6-2-3-8-14-10;/h4-5,7,10,14H,2-3,6,8H2,1H3;1H/t10-;/m1./s1. The van der Waals surface area contributed by atoms with E-state index in [1.54, 1.807) is 13.2 Å². The third-order valence-electron chi connectivity index (χ3n) is 2.89. The molecule has 1 fully saturated rings. The molecule has 4 heteroatoms. The van der Waals surface area contributed by atoms with Crippen LogP contribution in [0, 0.1) is 5.82 Å². The van der Waals surface area contributed by atoms with Crippen molar-refractivity contribution in [3.63, 3.8) is 0 Å². The summed E-state index contributed by atoms with van der Waals surface area (Å²) >= 11 is 0. The zero-order valence-electron chi connectivity index (χ0n) is 9.33. The lowest BCUT2D eigenvalue weighted by molar-refractivity contribution is 0.362. The molecule has 1 saturated heterocycles. The molecule has 1 aromatic rings. The van der Waals surface area contributed by atoms with Crippen molar-refractivity contribution >= 4 is 12.4 Å². The van der Waals surface area contributed by atoms with E-state index in [0.29, 0.717) is 11.3 Å². The minimum absolute atomic E-state index is 0. The van der Waals surface area contributed by atoms with Crippen LogP contribution in [0.1, 0.15) is 30.9 Å². The number of piperidine rings is 1. The maximum Gasteiger partial charge on any atom is 0.131 e. The van der Waals surface area contributed by atoms with E-state index in [0.717, 1.165) is 19.4 Å². The molecule has 0 unspecified atom stereocenters. The lowest BCUT2D eigenvalue weighted by Crippen LogP contribution is -2.27. The number of hydrogen-bond acceptors (Lipinski definition) is 2. The summed E-state index contributed by atoms with van der Waals surface area (Å²) in [6.45, 7) is 0.960. The third-order valence-corrected chi connectivity index (χ3v) is 2.89. The van der Waals surface area contributed by atoms with Crippen LogP contribution in [0.5, 0.6) is 5.75 Å². The molecule has 0 amide bonds. The van der Waals surface area contributed by atoms with E-state index in [9.17, 15) is 4.39 Å². The highest BCUT2D eigenvalue weighted by atomic mass is 35.5. The Hall–Kier alpha value is -0.800. The Morgan fingerprint density at radius 3 is 2.81 bits per heavy atom. The molecule has 1 heterocycles. The highest BCUT2D eigenvalue weighted by molar-refractivity contribution is 5.85. The largest absolute Gasteiger partial charge is 0.496 e. The van der Waals surface area contributed by atoms with Crippen LogP contribution in [-0.4, -0.2) is 13.7 Å². The van der Waals surface area contributed by atoms with Crippen molar-refractivity contribution in [1.29, 1.82) is 0 Å². The summed E-state index contributed by atoms with van der Waals surface area (Å²) in [7, 11) is 1.58. The molecule has 1 atom stereocenters. The molecule has 0 radical (unpaired) electrons. The van der Waals surface area contributed by atoms with Gasteiger partial charge in [-0.3, -0.25) is 0 Å². The second-order valence-electron chi connectivity index (χ2n) is 3.86. The number of rotatable bonds is 2. The predicted molar refractivity (Wildman–Crippen MR) is 64.8 cm³/mol. The van der Waals surface area contributed by atoms with Gasteiger partial charge >= 0.3 is 0 Å². The molecular formula is C12H17ClFNO. The molecule has 0 spiro atoms. The van der Waals surface area contributed by atoms with Gasteiger partial charge in [-0.2, -0.15) is 0 Å². The van der Waals surface area contributed by atoms with Crippen LogP contribution in [0.2, 0.25) is 0 Å². The fourth-order valence-electron chi connectivity index (χ4n) is 2.13. The molecule has 0 saturated carbocycles. The van der Waals surface area contributed by atoms with Crippen LogP contribution in [-0.2, 0) is 0 Å². The Morgan fingerprint density at radius 1 is 1.38 bits per heavy atom. The van der Waals surface area contributed by atoms with E-state index in [2.05, 4.69) is 5.32 Å². The molecule has 1 aromatic carbocycles. The van der Waals surface area contributed by atoms with Crippen molar-refractivity contribution in [2.75, 3.05) is 13.7 Å². The summed E-state index contributed by atoms with van der Waals surface area (Å²) in [5, 5.41) is 3.33. The third kappa shape index (κ3) is 2.66. The minimum atomic E-state index is -0.172. The highest BCUT2D eigenvalue weighted by Gasteiger charge is 2.21. The molecule has 2 rings (SSSR count). The van der Waals surface area contributed by atoms with E-state index in [-0.39, 0.29) is 24.3 Å². The van der Waals surface area contributed by atoms with Crippen molar-refractivity contribution in [1.82, 2.24) is 5.32 Å². The quantitative estimate of drug-likeness (QED) is 0.865. The summed E-state index contributed by atoms with van der Waals surface area (Å²) in [5.41, 5.74) is 0.680. The Bertz CT molecular complexity index is 340. The smallest absolute Gasteiger partial charge is 0.131 e. The fraction of sp³-hybridized carbons (Fsp3) is 0.500. The summed E-state index contributed by atoms with van der Waals surface area (Å²) < 4.78 is 18.9. The van der Waals surface area contributed by atoms with Gasteiger partial charge in [-0.15, -0.1) is 12.4 Å². The van der Waals surface area contributed by atoms with Crippen LogP contribution in [0.15, 0.2) is 18.2 Å². The normalized spacial score (nSPS) is 20.0. The second kappa shape index (κ2) is 6.06. The van der Waals surface area contributed by atoms with Crippen LogP contribution >= 0.6 is 12.4 Å². The first kappa shape index (κ1) is 13.3. The van der Waals surface area contributed by atoms with Crippen LogP contribution in [0.4, 0.5) is 4.39 Å². The maximum atomic E-state index is 13.7. The van der Waals surface area contributed by atoms with Gasteiger partial charge in [0.05, 0.1) is 7.11 Å². The molecule has 16 heavy (non-hydrogen) atoms. The predicted octanol–water partition coefficient (Wildman–Crippen LogP) is 3.07. The number of methoxy groups -OCH3 is 1. The Kier molecular flexibility index (Phi) is 5.03. The van der Waals surface area contributed by atoms with Crippen molar-refractivity contribution < 1.29 is 9.13 Å². The summed E-state index contributed by atoms with van der Waals surface area (Å²) in [4.78, 5) is 0. The molecule has 0 aromatic heterocycles. The number of benzene rings is 1. The van der Waals surface area contributed by atoms with Gasteiger partial charge in [-0.05, 0) is 31.5 Å². The van der Waals surface area contributed by atoms with Gasteiger partial charge in [0.25, 0.3) is 0 Å². The molecule has 0 aliphatic carbocycles. The number of halogens is 2. The SMILES string of the molecule is COc1cccc(F)c1[C@H]1CCCCN1.Cl. The first-order valence-corrected chi connectivity index (χ1v) is 5.38. The van der Waals surface area contributed by atoms with Crippen LogP contribution < -0.4 is 10.1 Å². The number of nitrogens with one attached hydrogen (secondary N) is 1. The molecule has 2 nitrogen and oxygen atoms in total. The number of ether oxygens (including phenoxy) is 1. The van der Waals surface area contributed by atoms with Crippen LogP contribution in [0.3, 0.4) is 0 Å². The van der Waals surface area contributed by atoms with Crippen molar-refractivity contribution in [2.45, 2.75) is 25.3 Å². The van der Waals surface area contributed by atoms with E-state index < -0.39 is 0 Å². The van der Waals surface area contributed by atoms with Gasteiger partial charge < -0.3 is 10.1 Å². The van der Waals surface area contributed by atoms with Crippen LogP contribution in [0.25, 0.3) is 0 Å². The summed E-state index contributed by atoms with van der Waals surface area (Å²) in [6, 6.07) is 5.10. The van der Waals surface area contributed by atoms with Gasteiger partial charge in [0.15, 0.2) is 0 Å². The topological polar surface area (TPSA) is 21.3 Å². The zero-order chi connectivity index (χ0) is 10.7. The zero-order valence-corrected chi connectivity index (χ0v) is 10.1.